The molecule has 0 amide bonds. The van der Waals surface area contributed by atoms with Gasteiger partial charge in [0.2, 0.25) is 0 Å². The summed E-state index contributed by atoms with van der Waals surface area (Å²) in [4.78, 5) is 10.2. The van der Waals surface area contributed by atoms with E-state index in [-0.39, 0.29) is 0 Å². The molecule has 130 valence electrons. The molecule has 23 heavy (non-hydrogen) atoms. The predicted molar refractivity (Wildman–Crippen MR) is 95.6 cm³/mol. The first kappa shape index (κ1) is 19.7. The summed E-state index contributed by atoms with van der Waals surface area (Å²) in [7, 11) is 0. The van der Waals surface area contributed by atoms with Gasteiger partial charge in [0.15, 0.2) is 0 Å². The quantitative estimate of drug-likeness (QED) is 0.201. The fraction of sp³-hybridized carbons (Fsp3) is 0.650. The van der Waals surface area contributed by atoms with E-state index in [4.69, 9.17) is 9.84 Å². The number of carbonyl (C=O) groups is 1. The molecule has 1 aliphatic heterocycles. The van der Waals surface area contributed by atoms with Crippen LogP contribution in [0.15, 0.2) is 36.5 Å². The molecule has 0 aromatic rings. The molecule has 2 atom stereocenters. The summed E-state index contributed by atoms with van der Waals surface area (Å²) in [6.07, 6.45) is 24.1. The standard InChI is InChI=1S/C20H32O3/c1-2-3-4-9-12-15-18-19(23-18)16-13-10-7-5-6-8-11-14-17-20(21)22/h5-6,8,11,14,17-19H,2-4,7,9-10,12-13,15-16H2,1H3,(H,21,22). The van der Waals surface area contributed by atoms with Crippen LogP contribution in [0.2, 0.25) is 0 Å². The zero-order valence-corrected chi connectivity index (χ0v) is 14.5. The zero-order valence-electron chi connectivity index (χ0n) is 14.5. The maximum Gasteiger partial charge on any atom is 0.328 e. The van der Waals surface area contributed by atoms with Crippen LogP contribution in [-0.2, 0) is 9.53 Å². The largest absolute Gasteiger partial charge is 0.478 e. The Balaban J connectivity index is 1.88. The highest BCUT2D eigenvalue weighted by molar-refractivity contribution is 5.80. The minimum absolute atomic E-state index is 0.534. The van der Waals surface area contributed by atoms with Crippen LogP contribution >= 0.6 is 0 Å². The zero-order chi connectivity index (χ0) is 16.8. The van der Waals surface area contributed by atoms with Gasteiger partial charge < -0.3 is 9.84 Å². The molecule has 0 aromatic carbocycles. The maximum atomic E-state index is 10.2. The number of hydrogen-bond donors (Lipinski definition) is 1. The van der Waals surface area contributed by atoms with Crippen molar-refractivity contribution in [3.05, 3.63) is 36.5 Å². The number of epoxide rings is 1. The third-order valence-corrected chi connectivity index (χ3v) is 4.10. The number of rotatable bonds is 14. The van der Waals surface area contributed by atoms with Crippen LogP contribution in [-0.4, -0.2) is 23.3 Å². The van der Waals surface area contributed by atoms with Crippen molar-refractivity contribution in [1.82, 2.24) is 0 Å². The minimum Gasteiger partial charge on any atom is -0.478 e. The second-order valence-corrected chi connectivity index (χ2v) is 6.21. The van der Waals surface area contributed by atoms with Gasteiger partial charge in [0.05, 0.1) is 12.2 Å². The Morgan fingerprint density at radius 2 is 1.57 bits per heavy atom. The highest BCUT2D eigenvalue weighted by Gasteiger charge is 2.36. The van der Waals surface area contributed by atoms with Gasteiger partial charge in [-0.2, -0.15) is 0 Å². The fourth-order valence-electron chi connectivity index (χ4n) is 2.68. The van der Waals surface area contributed by atoms with Gasteiger partial charge in [0.25, 0.3) is 0 Å². The Labute approximate surface area is 141 Å². The van der Waals surface area contributed by atoms with Crippen molar-refractivity contribution >= 4 is 5.97 Å². The first-order chi connectivity index (χ1) is 11.2. The monoisotopic (exact) mass is 320 g/mol. The van der Waals surface area contributed by atoms with Crippen molar-refractivity contribution in [3.63, 3.8) is 0 Å². The van der Waals surface area contributed by atoms with Crippen LogP contribution in [0, 0.1) is 0 Å². The van der Waals surface area contributed by atoms with E-state index < -0.39 is 5.97 Å². The highest BCUT2D eigenvalue weighted by Crippen LogP contribution is 2.31. The molecule has 1 saturated heterocycles. The SMILES string of the molecule is CCCCCCCC1OC1CCCCC=CC=CC=CC(=O)O. The smallest absolute Gasteiger partial charge is 0.328 e. The van der Waals surface area contributed by atoms with Crippen molar-refractivity contribution < 1.29 is 14.6 Å². The van der Waals surface area contributed by atoms with E-state index in [9.17, 15) is 4.79 Å². The molecule has 1 fully saturated rings. The third-order valence-electron chi connectivity index (χ3n) is 4.10. The lowest BCUT2D eigenvalue weighted by Gasteiger charge is -1.98. The first-order valence-corrected chi connectivity index (χ1v) is 9.12. The summed E-state index contributed by atoms with van der Waals surface area (Å²) in [5.41, 5.74) is 0. The summed E-state index contributed by atoms with van der Waals surface area (Å²) in [6, 6.07) is 0. The Hall–Kier alpha value is -1.35. The molecular formula is C20H32O3. The van der Waals surface area contributed by atoms with E-state index in [1.54, 1.807) is 6.08 Å². The average Bonchev–Trinajstić information content (AvgIpc) is 3.27. The van der Waals surface area contributed by atoms with Gasteiger partial charge in [-0.1, -0.05) is 75.8 Å². The molecule has 1 heterocycles. The number of aliphatic carboxylic acids is 1. The number of ether oxygens (including phenoxy) is 1. The van der Waals surface area contributed by atoms with Gasteiger partial charge in [-0.25, -0.2) is 4.79 Å². The van der Waals surface area contributed by atoms with Gasteiger partial charge in [0, 0.05) is 6.08 Å². The molecule has 0 aromatic heterocycles. The minimum atomic E-state index is -0.916. The molecule has 2 unspecified atom stereocenters. The molecule has 1 aliphatic rings. The van der Waals surface area contributed by atoms with Gasteiger partial charge >= 0.3 is 5.97 Å². The van der Waals surface area contributed by atoms with Crippen molar-refractivity contribution in [2.45, 2.75) is 83.3 Å². The molecule has 0 spiro atoms. The Morgan fingerprint density at radius 1 is 0.913 bits per heavy atom. The van der Waals surface area contributed by atoms with E-state index in [1.807, 2.05) is 12.2 Å². The molecule has 0 radical (unpaired) electrons. The average molecular weight is 320 g/mol. The predicted octanol–water partition coefficient (Wildman–Crippen LogP) is 5.43. The number of carboxylic acids is 1. The third kappa shape index (κ3) is 11.8. The van der Waals surface area contributed by atoms with E-state index in [0.29, 0.717) is 12.2 Å². The number of carboxylic acid groups (broad SMARTS) is 1. The van der Waals surface area contributed by atoms with Gasteiger partial charge in [-0.3, -0.25) is 0 Å². The topological polar surface area (TPSA) is 49.8 Å². The lowest BCUT2D eigenvalue weighted by Crippen LogP contribution is -1.94. The van der Waals surface area contributed by atoms with Crippen LogP contribution < -0.4 is 0 Å². The lowest BCUT2D eigenvalue weighted by molar-refractivity contribution is -0.131. The summed E-state index contributed by atoms with van der Waals surface area (Å²) >= 11 is 0. The summed E-state index contributed by atoms with van der Waals surface area (Å²) < 4.78 is 5.73. The molecule has 0 saturated carbocycles. The van der Waals surface area contributed by atoms with E-state index in [1.165, 1.54) is 63.9 Å². The Kier molecular flexibility index (Phi) is 11.2. The van der Waals surface area contributed by atoms with Crippen LogP contribution in [0.5, 0.6) is 0 Å². The Morgan fingerprint density at radius 3 is 2.26 bits per heavy atom. The van der Waals surface area contributed by atoms with Gasteiger partial charge in [-0.15, -0.1) is 0 Å². The highest BCUT2D eigenvalue weighted by atomic mass is 16.6. The molecule has 0 bridgehead atoms. The van der Waals surface area contributed by atoms with Crippen molar-refractivity contribution in [3.8, 4) is 0 Å². The van der Waals surface area contributed by atoms with Crippen LogP contribution in [0.25, 0.3) is 0 Å². The van der Waals surface area contributed by atoms with E-state index in [0.717, 1.165) is 12.5 Å². The molecule has 0 aliphatic carbocycles. The van der Waals surface area contributed by atoms with E-state index in [2.05, 4.69) is 13.0 Å². The van der Waals surface area contributed by atoms with Crippen molar-refractivity contribution in [2.24, 2.45) is 0 Å². The first-order valence-electron chi connectivity index (χ1n) is 9.12. The summed E-state index contributed by atoms with van der Waals surface area (Å²) in [5, 5.41) is 8.41. The number of allylic oxidation sites excluding steroid dienone is 5. The normalized spacial score (nSPS) is 20.9. The van der Waals surface area contributed by atoms with Crippen molar-refractivity contribution in [1.29, 1.82) is 0 Å². The van der Waals surface area contributed by atoms with Crippen LogP contribution in [0.1, 0.15) is 71.1 Å². The lowest BCUT2D eigenvalue weighted by atomic mass is 10.1. The molecular weight excluding hydrogens is 288 g/mol. The van der Waals surface area contributed by atoms with Crippen molar-refractivity contribution in [2.75, 3.05) is 0 Å². The second-order valence-electron chi connectivity index (χ2n) is 6.21. The van der Waals surface area contributed by atoms with Crippen LogP contribution in [0.3, 0.4) is 0 Å². The fourth-order valence-corrected chi connectivity index (χ4v) is 2.68. The van der Waals surface area contributed by atoms with Gasteiger partial charge in [-0.05, 0) is 25.7 Å². The molecule has 1 N–H and O–H groups in total. The Bertz CT molecular complexity index is 396. The molecule has 3 nitrogen and oxygen atoms in total. The summed E-state index contributed by atoms with van der Waals surface area (Å²) in [6.45, 7) is 2.25. The van der Waals surface area contributed by atoms with Crippen LogP contribution in [0.4, 0.5) is 0 Å². The molecule has 3 heteroatoms. The van der Waals surface area contributed by atoms with E-state index >= 15 is 0 Å². The second kappa shape index (κ2) is 13.1. The summed E-state index contributed by atoms with van der Waals surface area (Å²) in [5.74, 6) is -0.916. The maximum absolute atomic E-state index is 10.2. The number of hydrogen-bond acceptors (Lipinski definition) is 2. The number of unbranched alkanes of at least 4 members (excludes halogenated alkanes) is 6. The molecule has 1 rings (SSSR count). The van der Waals surface area contributed by atoms with Gasteiger partial charge in [0.1, 0.15) is 0 Å².